The minimum absolute atomic E-state index is 0.436. The lowest BCUT2D eigenvalue weighted by Gasteiger charge is -2.06. The molecule has 0 spiro atoms. The van der Waals surface area contributed by atoms with Gasteiger partial charge in [0, 0.05) is 18.0 Å². The third-order valence-corrected chi connectivity index (χ3v) is 4.18. The lowest BCUT2D eigenvalue weighted by Crippen LogP contribution is -1.97. The number of thioether (sulfide) groups is 1. The smallest absolute Gasteiger partial charge is 0.236 e. The molecule has 118 valence electrons. The Hall–Kier alpha value is -2.93. The number of nitrogen functional groups attached to an aromatic ring is 1. The predicted octanol–water partition coefficient (Wildman–Crippen LogP) is 3.16. The highest BCUT2D eigenvalue weighted by molar-refractivity contribution is 7.98. The Morgan fingerprint density at radius 1 is 1.00 bits per heavy atom. The van der Waals surface area contributed by atoms with E-state index in [1.54, 1.807) is 12.3 Å². The summed E-state index contributed by atoms with van der Waals surface area (Å²) in [6.07, 6.45) is 5.58. The predicted molar refractivity (Wildman–Crippen MR) is 95.6 cm³/mol. The second kappa shape index (κ2) is 5.93. The van der Waals surface area contributed by atoms with Gasteiger partial charge in [-0.3, -0.25) is 4.40 Å². The summed E-state index contributed by atoms with van der Waals surface area (Å²) in [4.78, 5) is 17.9. The fourth-order valence-electron chi connectivity index (χ4n) is 2.56. The van der Waals surface area contributed by atoms with E-state index in [4.69, 9.17) is 5.73 Å². The number of nitrogens with zero attached hydrogens (tertiary/aromatic N) is 5. The molecule has 3 heterocycles. The van der Waals surface area contributed by atoms with Gasteiger partial charge < -0.3 is 5.73 Å². The summed E-state index contributed by atoms with van der Waals surface area (Å²) in [6, 6.07) is 13.6. The van der Waals surface area contributed by atoms with Crippen molar-refractivity contribution in [1.29, 1.82) is 0 Å². The average Bonchev–Trinajstić information content (AvgIpc) is 3.01. The van der Waals surface area contributed by atoms with E-state index in [1.807, 2.05) is 53.3 Å². The number of aromatic nitrogens is 5. The van der Waals surface area contributed by atoms with Crippen molar-refractivity contribution in [3.05, 3.63) is 54.9 Å². The molecular weight excluding hydrogens is 320 g/mol. The number of hydrogen-bond donors (Lipinski definition) is 1. The maximum atomic E-state index is 5.81. The van der Waals surface area contributed by atoms with Gasteiger partial charge in [0.1, 0.15) is 17.2 Å². The van der Waals surface area contributed by atoms with Crippen molar-refractivity contribution in [2.24, 2.45) is 0 Å². The Balaban J connectivity index is 2.04. The molecule has 0 saturated heterocycles. The molecule has 6 nitrogen and oxygen atoms in total. The number of nitrogens with two attached hydrogens (primary N) is 1. The molecule has 0 aliphatic carbocycles. The van der Waals surface area contributed by atoms with Gasteiger partial charge in [0.25, 0.3) is 0 Å². The molecule has 4 aromatic rings. The first-order valence-corrected chi connectivity index (χ1v) is 8.56. The second-order valence-electron chi connectivity index (χ2n) is 5.13. The van der Waals surface area contributed by atoms with Crippen LogP contribution in [0.15, 0.2) is 60.0 Å². The first kappa shape index (κ1) is 14.6. The van der Waals surface area contributed by atoms with Crippen LogP contribution in [0.3, 0.4) is 0 Å². The molecule has 0 aliphatic heterocycles. The van der Waals surface area contributed by atoms with Gasteiger partial charge in [0.2, 0.25) is 5.78 Å². The molecule has 4 rings (SSSR count). The quantitative estimate of drug-likeness (QED) is 0.458. The highest BCUT2D eigenvalue weighted by Gasteiger charge is 2.18. The highest BCUT2D eigenvalue weighted by Crippen LogP contribution is 2.31. The third-order valence-electron chi connectivity index (χ3n) is 3.62. The van der Waals surface area contributed by atoms with Gasteiger partial charge in [0.05, 0.1) is 5.69 Å². The van der Waals surface area contributed by atoms with E-state index in [9.17, 15) is 0 Å². The molecule has 0 aliphatic rings. The van der Waals surface area contributed by atoms with E-state index in [-0.39, 0.29) is 0 Å². The van der Waals surface area contributed by atoms with Crippen LogP contribution in [0.5, 0.6) is 0 Å². The Morgan fingerprint density at radius 3 is 2.62 bits per heavy atom. The fraction of sp³-hybridized carbons (Fsp3) is 0.0588. The first-order chi connectivity index (χ1) is 11.8. The largest absolute Gasteiger partial charge is 0.384 e. The summed E-state index contributed by atoms with van der Waals surface area (Å²) in [5, 5.41) is 0.713. The number of anilines is 1. The highest BCUT2D eigenvalue weighted by atomic mass is 32.2. The van der Waals surface area contributed by atoms with Crippen LogP contribution in [0.4, 0.5) is 5.82 Å². The molecule has 24 heavy (non-hydrogen) atoms. The van der Waals surface area contributed by atoms with Crippen molar-refractivity contribution in [3.8, 4) is 22.6 Å². The van der Waals surface area contributed by atoms with E-state index >= 15 is 0 Å². The number of benzene rings is 1. The third kappa shape index (κ3) is 2.48. The maximum Gasteiger partial charge on any atom is 0.236 e. The van der Waals surface area contributed by atoms with Crippen LogP contribution in [0.2, 0.25) is 0 Å². The van der Waals surface area contributed by atoms with E-state index in [2.05, 4.69) is 19.9 Å². The molecule has 0 saturated carbocycles. The van der Waals surface area contributed by atoms with E-state index < -0.39 is 0 Å². The average molecular weight is 334 g/mol. The standard InChI is InChI=1S/C17H14N6S/c1-24-17-19-9-7-12(20-17)15-14(11-5-3-2-4-6-11)22-16-21-13(18)8-10-23(15)16/h2-10H,1H3,(H2,18,21,22). The molecule has 0 bridgehead atoms. The van der Waals surface area contributed by atoms with Crippen LogP contribution in [-0.4, -0.2) is 30.6 Å². The van der Waals surface area contributed by atoms with Gasteiger partial charge in [-0.25, -0.2) is 15.0 Å². The molecule has 3 aromatic heterocycles. The van der Waals surface area contributed by atoms with Crippen molar-refractivity contribution in [2.45, 2.75) is 5.16 Å². The first-order valence-electron chi connectivity index (χ1n) is 7.33. The molecule has 0 unspecified atom stereocenters. The summed E-state index contributed by atoms with van der Waals surface area (Å²) < 4.78 is 1.91. The maximum absolute atomic E-state index is 5.81. The van der Waals surface area contributed by atoms with Crippen LogP contribution >= 0.6 is 11.8 Å². The fourth-order valence-corrected chi connectivity index (χ4v) is 2.91. The minimum Gasteiger partial charge on any atom is -0.384 e. The molecule has 7 heteroatoms. The summed E-state index contributed by atoms with van der Waals surface area (Å²) >= 11 is 1.50. The van der Waals surface area contributed by atoms with Crippen molar-refractivity contribution in [3.63, 3.8) is 0 Å². The van der Waals surface area contributed by atoms with E-state index in [0.29, 0.717) is 16.8 Å². The Morgan fingerprint density at radius 2 is 1.83 bits per heavy atom. The van der Waals surface area contributed by atoms with Gasteiger partial charge in [-0.05, 0) is 18.4 Å². The van der Waals surface area contributed by atoms with Crippen molar-refractivity contribution in [2.75, 3.05) is 12.0 Å². The SMILES string of the molecule is CSc1nccc(-c2c(-c3ccccc3)nc3nc(N)ccn23)n1. The zero-order valence-electron chi connectivity index (χ0n) is 12.9. The molecular formula is C17H14N6S. The van der Waals surface area contributed by atoms with Gasteiger partial charge >= 0.3 is 0 Å². The van der Waals surface area contributed by atoms with Crippen molar-refractivity contribution in [1.82, 2.24) is 24.3 Å². The molecule has 0 fully saturated rings. The molecule has 1 aromatic carbocycles. The Labute approximate surface area is 142 Å². The zero-order chi connectivity index (χ0) is 16.5. The van der Waals surface area contributed by atoms with Gasteiger partial charge in [-0.2, -0.15) is 4.98 Å². The van der Waals surface area contributed by atoms with Crippen LogP contribution in [-0.2, 0) is 0 Å². The lowest BCUT2D eigenvalue weighted by atomic mass is 10.1. The molecule has 0 radical (unpaired) electrons. The molecule has 2 N–H and O–H groups in total. The Kier molecular flexibility index (Phi) is 3.62. The minimum atomic E-state index is 0.436. The second-order valence-corrected chi connectivity index (χ2v) is 5.90. The topological polar surface area (TPSA) is 82.0 Å². The van der Waals surface area contributed by atoms with Crippen molar-refractivity contribution < 1.29 is 0 Å². The summed E-state index contributed by atoms with van der Waals surface area (Å²) in [5.74, 6) is 0.985. The lowest BCUT2D eigenvalue weighted by molar-refractivity contribution is 0.967. The van der Waals surface area contributed by atoms with Crippen molar-refractivity contribution >= 4 is 23.4 Å². The van der Waals surface area contributed by atoms with Gasteiger partial charge in [-0.1, -0.05) is 42.1 Å². The number of rotatable bonds is 3. The Bertz CT molecular complexity index is 1010. The summed E-state index contributed by atoms with van der Waals surface area (Å²) in [7, 11) is 0. The number of imidazole rings is 1. The van der Waals surface area contributed by atoms with Crippen LogP contribution < -0.4 is 5.73 Å². The van der Waals surface area contributed by atoms with E-state index in [1.165, 1.54) is 11.8 Å². The zero-order valence-corrected chi connectivity index (χ0v) is 13.7. The normalized spacial score (nSPS) is 11.0. The van der Waals surface area contributed by atoms with Crippen LogP contribution in [0.1, 0.15) is 0 Å². The molecule has 0 atom stereocenters. The number of hydrogen-bond acceptors (Lipinski definition) is 6. The monoisotopic (exact) mass is 334 g/mol. The summed E-state index contributed by atoms with van der Waals surface area (Å²) in [6.45, 7) is 0. The van der Waals surface area contributed by atoms with Crippen LogP contribution in [0, 0.1) is 0 Å². The van der Waals surface area contributed by atoms with Gasteiger partial charge in [-0.15, -0.1) is 0 Å². The summed E-state index contributed by atoms with van der Waals surface area (Å²) in [5.41, 5.74) is 9.31. The van der Waals surface area contributed by atoms with Crippen LogP contribution in [0.25, 0.3) is 28.4 Å². The van der Waals surface area contributed by atoms with Gasteiger partial charge in [0.15, 0.2) is 5.16 Å². The molecule has 0 amide bonds. The number of fused-ring (bicyclic) bond motifs is 1. The van der Waals surface area contributed by atoms with E-state index in [0.717, 1.165) is 22.6 Å².